The fourth-order valence-electron chi connectivity index (χ4n) is 3.91. The van der Waals surface area contributed by atoms with E-state index in [4.69, 9.17) is 24.5 Å². The lowest BCUT2D eigenvalue weighted by Gasteiger charge is -2.28. The topological polar surface area (TPSA) is 126 Å². The van der Waals surface area contributed by atoms with Crippen LogP contribution < -0.4 is 9.64 Å². The molecule has 2 aromatic rings. The maximum absolute atomic E-state index is 10.6. The van der Waals surface area contributed by atoms with Crippen molar-refractivity contribution in [3.8, 4) is 5.88 Å². The average Bonchev–Trinajstić information content (AvgIpc) is 3.36. The van der Waals surface area contributed by atoms with E-state index in [0.717, 1.165) is 31.5 Å². The third-order valence-corrected chi connectivity index (χ3v) is 5.51. The van der Waals surface area contributed by atoms with Gasteiger partial charge in [0.05, 0.1) is 6.61 Å². The minimum Gasteiger partial charge on any atom is -0.477 e. The molecule has 0 spiro atoms. The van der Waals surface area contributed by atoms with Gasteiger partial charge in [-0.1, -0.05) is 12.5 Å². The van der Waals surface area contributed by atoms with Gasteiger partial charge < -0.3 is 19.8 Å². The molecule has 2 aromatic heterocycles. The molecule has 2 N–H and O–H groups in total. The van der Waals surface area contributed by atoms with Gasteiger partial charge >= 0.3 is 24.3 Å². The first kappa shape index (κ1) is 28.6. The first-order valence-corrected chi connectivity index (χ1v) is 10.4. The van der Waals surface area contributed by atoms with Crippen LogP contribution in [0.3, 0.4) is 0 Å². The molecule has 9 nitrogen and oxygen atoms in total. The number of rotatable bonds is 4. The van der Waals surface area contributed by atoms with E-state index in [0.29, 0.717) is 5.92 Å². The molecular weight excluding hydrogens is 502 g/mol. The smallest absolute Gasteiger partial charge is 0.477 e. The lowest BCUT2D eigenvalue weighted by molar-refractivity contribution is -0.193. The van der Waals surface area contributed by atoms with Crippen molar-refractivity contribution in [1.82, 2.24) is 15.0 Å². The highest BCUT2D eigenvalue weighted by atomic mass is 19.4. The van der Waals surface area contributed by atoms with Gasteiger partial charge in [-0.3, -0.25) is 0 Å². The van der Waals surface area contributed by atoms with Crippen LogP contribution >= 0.6 is 0 Å². The molecule has 15 heteroatoms. The van der Waals surface area contributed by atoms with Gasteiger partial charge in [0.1, 0.15) is 0 Å². The molecule has 2 fully saturated rings. The molecule has 2 atom stereocenters. The first-order valence-electron chi connectivity index (χ1n) is 10.4. The number of nitrogens with zero attached hydrogens (tertiary/aromatic N) is 4. The Kier molecular flexibility index (Phi) is 9.42. The summed E-state index contributed by atoms with van der Waals surface area (Å²) in [6.45, 7) is 2.75. The Hall–Kier alpha value is -3.65. The molecule has 3 heterocycles. The highest BCUT2D eigenvalue weighted by Crippen LogP contribution is 2.49. The van der Waals surface area contributed by atoms with Crippen molar-refractivity contribution in [2.45, 2.75) is 31.6 Å². The van der Waals surface area contributed by atoms with E-state index in [2.05, 4.69) is 19.9 Å². The van der Waals surface area contributed by atoms with Crippen LogP contribution in [0.25, 0.3) is 0 Å². The second kappa shape index (κ2) is 11.9. The Labute approximate surface area is 200 Å². The van der Waals surface area contributed by atoms with Crippen molar-refractivity contribution < 1.29 is 50.9 Å². The number of halogens is 6. The average molecular weight is 524 g/mol. The highest BCUT2D eigenvalue weighted by Gasteiger charge is 2.50. The monoisotopic (exact) mass is 524 g/mol. The number of carboxylic acids is 2. The maximum Gasteiger partial charge on any atom is 0.490 e. The van der Waals surface area contributed by atoms with Crippen molar-refractivity contribution >= 4 is 17.9 Å². The van der Waals surface area contributed by atoms with Gasteiger partial charge in [-0.2, -0.15) is 26.3 Å². The number of carboxylic acid groups (broad SMARTS) is 2. The summed E-state index contributed by atoms with van der Waals surface area (Å²) in [5.41, 5.74) is 0.219. The molecule has 0 bridgehead atoms. The second-order valence-corrected chi connectivity index (χ2v) is 7.94. The summed E-state index contributed by atoms with van der Waals surface area (Å²) in [6.07, 6.45) is -0.985. The maximum atomic E-state index is 10.6. The number of pyridine rings is 1. The van der Waals surface area contributed by atoms with E-state index < -0.39 is 24.3 Å². The number of hydrogen-bond acceptors (Lipinski definition) is 7. The van der Waals surface area contributed by atoms with Crippen LogP contribution in [0.2, 0.25) is 0 Å². The predicted octanol–water partition coefficient (Wildman–Crippen LogP) is 3.82. The van der Waals surface area contributed by atoms with E-state index in [9.17, 15) is 26.3 Å². The summed E-state index contributed by atoms with van der Waals surface area (Å²) in [4.78, 5) is 33.2. The Morgan fingerprint density at radius 2 is 1.53 bits per heavy atom. The third kappa shape index (κ3) is 8.23. The molecule has 1 aliphatic carbocycles. The molecule has 1 saturated heterocycles. The van der Waals surface area contributed by atoms with Crippen LogP contribution in [-0.2, 0) is 9.59 Å². The summed E-state index contributed by atoms with van der Waals surface area (Å²) in [6, 6.07) is 7.66. The minimum atomic E-state index is -5.08. The van der Waals surface area contributed by atoms with Crippen LogP contribution in [0.5, 0.6) is 5.88 Å². The fourth-order valence-corrected chi connectivity index (χ4v) is 3.91. The molecule has 0 amide bonds. The summed E-state index contributed by atoms with van der Waals surface area (Å²) >= 11 is 0. The largest absolute Gasteiger partial charge is 0.490 e. The molecule has 4 rings (SSSR count). The van der Waals surface area contributed by atoms with Gasteiger partial charge in [0.25, 0.3) is 0 Å². The van der Waals surface area contributed by atoms with Crippen LogP contribution in [-0.4, -0.2) is 69.2 Å². The zero-order chi connectivity index (χ0) is 27.0. The highest BCUT2D eigenvalue weighted by molar-refractivity contribution is 5.73. The number of alkyl halides is 6. The number of fused-ring (bicyclic) bond motifs is 1. The third-order valence-electron chi connectivity index (χ3n) is 5.51. The number of aliphatic carboxylic acids is 2. The Morgan fingerprint density at radius 1 is 0.972 bits per heavy atom. The van der Waals surface area contributed by atoms with Crippen LogP contribution in [0.1, 0.15) is 19.3 Å². The first-order chi connectivity index (χ1) is 16.7. The van der Waals surface area contributed by atoms with Crippen molar-refractivity contribution in [3.63, 3.8) is 0 Å². The van der Waals surface area contributed by atoms with Gasteiger partial charge in [-0.25, -0.2) is 24.5 Å². The van der Waals surface area contributed by atoms with Crippen molar-refractivity contribution in [3.05, 3.63) is 42.9 Å². The van der Waals surface area contributed by atoms with E-state index in [1.807, 2.05) is 36.7 Å². The molecule has 0 unspecified atom stereocenters. The van der Waals surface area contributed by atoms with Crippen molar-refractivity contribution in [1.29, 1.82) is 0 Å². The molecule has 2 aliphatic rings. The SMILES string of the molecule is O=C(O)C(F)(F)F.O=C(O)C(F)(F)F.c1ccc(OC[C@@]23CCC[C@@H]2CN(c2ncccn2)C3)nc1. The van der Waals surface area contributed by atoms with E-state index in [1.165, 1.54) is 19.3 Å². The summed E-state index contributed by atoms with van der Waals surface area (Å²) in [7, 11) is 0. The number of ether oxygens (including phenoxy) is 1. The van der Waals surface area contributed by atoms with Crippen molar-refractivity contribution in [2.75, 3.05) is 24.6 Å². The lowest BCUT2D eigenvalue weighted by atomic mass is 9.82. The minimum absolute atomic E-state index is 0.219. The van der Waals surface area contributed by atoms with Gasteiger partial charge in [0, 0.05) is 43.2 Å². The summed E-state index contributed by atoms with van der Waals surface area (Å²) < 4.78 is 69.5. The van der Waals surface area contributed by atoms with Crippen LogP contribution in [0, 0.1) is 11.3 Å². The van der Waals surface area contributed by atoms with Gasteiger partial charge in [0.2, 0.25) is 11.8 Å². The lowest BCUT2D eigenvalue weighted by Crippen LogP contribution is -2.34. The van der Waals surface area contributed by atoms with E-state index in [-0.39, 0.29) is 5.41 Å². The van der Waals surface area contributed by atoms with Crippen LogP contribution in [0.4, 0.5) is 32.3 Å². The molecular formula is C21H22F6N4O5. The van der Waals surface area contributed by atoms with Gasteiger partial charge in [-0.15, -0.1) is 0 Å². The predicted molar refractivity (Wildman–Crippen MR) is 111 cm³/mol. The van der Waals surface area contributed by atoms with Gasteiger partial charge in [0.15, 0.2) is 0 Å². The Morgan fingerprint density at radius 3 is 2.03 bits per heavy atom. The number of anilines is 1. The normalized spacial score (nSPS) is 20.8. The summed E-state index contributed by atoms with van der Waals surface area (Å²) in [5.74, 6) is -3.29. The molecule has 1 aliphatic heterocycles. The molecule has 1 saturated carbocycles. The number of aromatic nitrogens is 3. The molecule has 36 heavy (non-hydrogen) atoms. The quantitative estimate of drug-likeness (QED) is 0.574. The number of hydrogen-bond donors (Lipinski definition) is 2. The van der Waals surface area contributed by atoms with E-state index >= 15 is 0 Å². The zero-order valence-corrected chi connectivity index (χ0v) is 18.5. The number of carbonyl (C=O) groups is 2. The summed E-state index contributed by atoms with van der Waals surface area (Å²) in [5, 5.41) is 14.2. The van der Waals surface area contributed by atoms with E-state index in [1.54, 1.807) is 6.20 Å². The van der Waals surface area contributed by atoms with Gasteiger partial charge in [-0.05, 0) is 30.9 Å². The fraction of sp³-hybridized carbons (Fsp3) is 0.476. The second-order valence-electron chi connectivity index (χ2n) is 7.94. The molecule has 198 valence electrons. The Bertz CT molecular complexity index is 970. The molecule has 0 radical (unpaired) electrons. The van der Waals surface area contributed by atoms with Crippen molar-refractivity contribution in [2.24, 2.45) is 11.3 Å². The Balaban J connectivity index is 0.000000271. The standard InChI is InChI=1S/C17H20N4O.2C2HF3O2/c1-2-8-18-15(6-1)22-13-17-7-3-5-14(17)11-21(12-17)16-19-9-4-10-20-16;2*3-2(4,5)1(6)7/h1-2,4,6,8-10,14H,3,5,7,11-13H2;2*(H,6,7)/t14-,17+;;/m1../s1. The zero-order valence-electron chi connectivity index (χ0n) is 18.5. The van der Waals surface area contributed by atoms with Crippen LogP contribution in [0.15, 0.2) is 42.9 Å². The molecule has 0 aromatic carbocycles.